The van der Waals surface area contributed by atoms with Crippen LogP contribution in [0, 0.1) is 0 Å². The molecule has 118 valence electrons. The quantitative estimate of drug-likeness (QED) is 0.821. The van der Waals surface area contributed by atoms with Gasteiger partial charge in [-0.1, -0.05) is 18.2 Å². The Kier molecular flexibility index (Phi) is 5.78. The summed E-state index contributed by atoms with van der Waals surface area (Å²) >= 11 is 0. The molecule has 0 saturated heterocycles. The average Bonchev–Trinajstić information content (AvgIpc) is 2.32. The lowest BCUT2D eigenvalue weighted by atomic mass is 10.1. The van der Waals surface area contributed by atoms with Crippen molar-refractivity contribution in [2.45, 2.75) is 45.5 Å². The number of amides is 1. The minimum Gasteiger partial charge on any atom is -0.351 e. The maximum absolute atomic E-state index is 12.8. The second-order valence-electron chi connectivity index (χ2n) is 5.88. The summed E-state index contributed by atoms with van der Waals surface area (Å²) in [5.74, 6) is -0.126. The van der Waals surface area contributed by atoms with Gasteiger partial charge in [-0.3, -0.25) is 4.79 Å². The number of rotatable bonds is 5. The van der Waals surface area contributed by atoms with Crippen molar-refractivity contribution in [3.05, 3.63) is 35.4 Å². The van der Waals surface area contributed by atoms with E-state index in [9.17, 15) is 18.0 Å². The molecule has 0 heterocycles. The Hall–Kier alpha value is -1.56. The number of hydrogen-bond donors (Lipinski definition) is 2. The highest BCUT2D eigenvalue weighted by atomic mass is 19.4. The summed E-state index contributed by atoms with van der Waals surface area (Å²) in [5, 5.41) is 5.66. The zero-order valence-corrected chi connectivity index (χ0v) is 12.5. The molecular weight excluding hydrogens is 281 g/mol. The van der Waals surface area contributed by atoms with Gasteiger partial charge in [0.25, 0.3) is 0 Å². The number of benzene rings is 1. The molecule has 0 radical (unpaired) electrons. The van der Waals surface area contributed by atoms with Gasteiger partial charge in [-0.05, 0) is 32.4 Å². The molecule has 0 spiro atoms. The van der Waals surface area contributed by atoms with Crippen LogP contribution in [0.15, 0.2) is 24.3 Å². The SMILES string of the molecule is CC(C)(C)NC(=O)CCNCc1ccccc1C(F)(F)F. The summed E-state index contributed by atoms with van der Waals surface area (Å²) in [5.41, 5.74) is -0.766. The molecule has 0 atom stereocenters. The van der Waals surface area contributed by atoms with E-state index in [4.69, 9.17) is 0 Å². The molecule has 1 aromatic carbocycles. The Balaban J connectivity index is 2.46. The van der Waals surface area contributed by atoms with Gasteiger partial charge >= 0.3 is 6.18 Å². The van der Waals surface area contributed by atoms with E-state index in [0.29, 0.717) is 6.54 Å². The average molecular weight is 302 g/mol. The number of carbonyl (C=O) groups excluding carboxylic acids is 1. The van der Waals surface area contributed by atoms with E-state index < -0.39 is 11.7 Å². The van der Waals surface area contributed by atoms with Crippen molar-refractivity contribution in [1.82, 2.24) is 10.6 Å². The molecular formula is C15H21F3N2O. The Bertz CT molecular complexity index is 479. The van der Waals surface area contributed by atoms with Gasteiger partial charge in [-0.15, -0.1) is 0 Å². The van der Waals surface area contributed by atoms with Crippen molar-refractivity contribution in [1.29, 1.82) is 0 Å². The van der Waals surface area contributed by atoms with Crippen molar-refractivity contribution in [2.75, 3.05) is 6.54 Å². The zero-order chi connectivity index (χ0) is 16.1. The first kappa shape index (κ1) is 17.5. The third-order valence-electron chi connectivity index (χ3n) is 2.68. The van der Waals surface area contributed by atoms with Crippen molar-refractivity contribution in [2.24, 2.45) is 0 Å². The monoisotopic (exact) mass is 302 g/mol. The van der Waals surface area contributed by atoms with Crippen LogP contribution in [0.3, 0.4) is 0 Å². The van der Waals surface area contributed by atoms with Gasteiger partial charge in [0.15, 0.2) is 0 Å². The van der Waals surface area contributed by atoms with E-state index in [1.807, 2.05) is 20.8 Å². The van der Waals surface area contributed by atoms with E-state index >= 15 is 0 Å². The lowest BCUT2D eigenvalue weighted by Gasteiger charge is -2.20. The molecule has 0 bridgehead atoms. The topological polar surface area (TPSA) is 41.1 Å². The van der Waals surface area contributed by atoms with Crippen LogP contribution in [0.2, 0.25) is 0 Å². The van der Waals surface area contributed by atoms with Crippen LogP contribution in [-0.4, -0.2) is 18.0 Å². The second kappa shape index (κ2) is 6.93. The van der Waals surface area contributed by atoms with Crippen LogP contribution in [-0.2, 0) is 17.5 Å². The molecule has 0 unspecified atom stereocenters. The van der Waals surface area contributed by atoms with E-state index in [1.165, 1.54) is 12.1 Å². The Morgan fingerprint density at radius 1 is 1.14 bits per heavy atom. The van der Waals surface area contributed by atoms with Gasteiger partial charge < -0.3 is 10.6 Å². The molecule has 0 saturated carbocycles. The van der Waals surface area contributed by atoms with Gasteiger partial charge in [-0.2, -0.15) is 13.2 Å². The maximum Gasteiger partial charge on any atom is 0.416 e. The van der Waals surface area contributed by atoms with Crippen LogP contribution in [0.1, 0.15) is 38.3 Å². The van der Waals surface area contributed by atoms with E-state index in [-0.39, 0.29) is 30.0 Å². The lowest BCUT2D eigenvalue weighted by molar-refractivity contribution is -0.138. The Labute approximate surface area is 122 Å². The molecule has 21 heavy (non-hydrogen) atoms. The van der Waals surface area contributed by atoms with Crippen LogP contribution < -0.4 is 10.6 Å². The minimum atomic E-state index is -4.36. The summed E-state index contributed by atoms with van der Waals surface area (Å²) in [4.78, 5) is 11.6. The summed E-state index contributed by atoms with van der Waals surface area (Å²) in [6, 6.07) is 5.43. The molecule has 1 amide bonds. The predicted octanol–water partition coefficient (Wildman–Crippen LogP) is 3.10. The van der Waals surface area contributed by atoms with E-state index in [2.05, 4.69) is 10.6 Å². The zero-order valence-electron chi connectivity index (χ0n) is 12.5. The highest BCUT2D eigenvalue weighted by molar-refractivity contribution is 5.76. The van der Waals surface area contributed by atoms with Crippen LogP contribution in [0.25, 0.3) is 0 Å². The molecule has 1 rings (SSSR count). The van der Waals surface area contributed by atoms with Gasteiger partial charge in [-0.25, -0.2) is 0 Å². The van der Waals surface area contributed by atoms with E-state index in [1.54, 1.807) is 6.07 Å². The molecule has 0 fully saturated rings. The van der Waals surface area contributed by atoms with Crippen LogP contribution in [0.4, 0.5) is 13.2 Å². The van der Waals surface area contributed by atoms with E-state index in [0.717, 1.165) is 6.07 Å². The fraction of sp³-hybridized carbons (Fsp3) is 0.533. The highest BCUT2D eigenvalue weighted by Gasteiger charge is 2.32. The molecule has 0 aliphatic rings. The van der Waals surface area contributed by atoms with Crippen LogP contribution >= 0.6 is 0 Å². The summed E-state index contributed by atoms with van der Waals surface area (Å²) in [6.45, 7) is 6.03. The lowest BCUT2D eigenvalue weighted by Crippen LogP contribution is -2.41. The fourth-order valence-corrected chi connectivity index (χ4v) is 1.86. The third-order valence-corrected chi connectivity index (χ3v) is 2.68. The molecule has 3 nitrogen and oxygen atoms in total. The maximum atomic E-state index is 12.8. The van der Waals surface area contributed by atoms with Crippen molar-refractivity contribution in [3.8, 4) is 0 Å². The summed E-state index contributed by atoms with van der Waals surface area (Å²) in [6.07, 6.45) is -4.13. The molecule has 1 aromatic rings. The van der Waals surface area contributed by atoms with Crippen molar-refractivity contribution < 1.29 is 18.0 Å². The number of halogens is 3. The van der Waals surface area contributed by atoms with Crippen molar-refractivity contribution >= 4 is 5.91 Å². The standard InChI is InChI=1S/C15H21F3N2O/c1-14(2,3)20-13(21)8-9-19-10-11-6-4-5-7-12(11)15(16,17)18/h4-7,19H,8-10H2,1-3H3,(H,20,21). The minimum absolute atomic E-state index is 0.0818. The Morgan fingerprint density at radius 3 is 2.33 bits per heavy atom. The molecule has 2 N–H and O–H groups in total. The van der Waals surface area contributed by atoms with Gasteiger partial charge in [0.2, 0.25) is 5.91 Å². The molecule has 0 aromatic heterocycles. The largest absolute Gasteiger partial charge is 0.416 e. The number of hydrogen-bond acceptors (Lipinski definition) is 2. The first-order chi connectivity index (χ1) is 9.59. The number of carbonyl (C=O) groups is 1. The fourth-order valence-electron chi connectivity index (χ4n) is 1.86. The van der Waals surface area contributed by atoms with Crippen molar-refractivity contribution in [3.63, 3.8) is 0 Å². The van der Waals surface area contributed by atoms with Gasteiger partial charge in [0.05, 0.1) is 5.56 Å². The molecule has 6 heteroatoms. The smallest absolute Gasteiger partial charge is 0.351 e. The van der Waals surface area contributed by atoms with Gasteiger partial charge in [0, 0.05) is 25.0 Å². The third kappa shape index (κ3) is 6.62. The normalized spacial score (nSPS) is 12.3. The number of nitrogens with one attached hydrogen (secondary N) is 2. The highest BCUT2D eigenvalue weighted by Crippen LogP contribution is 2.31. The number of alkyl halides is 3. The predicted molar refractivity (Wildman–Crippen MR) is 75.7 cm³/mol. The summed E-state index contributed by atoms with van der Waals surface area (Å²) in [7, 11) is 0. The first-order valence-electron chi connectivity index (χ1n) is 6.76. The second-order valence-corrected chi connectivity index (χ2v) is 5.88. The van der Waals surface area contributed by atoms with Gasteiger partial charge in [0.1, 0.15) is 0 Å². The Morgan fingerprint density at radius 2 is 1.76 bits per heavy atom. The molecule has 0 aliphatic carbocycles. The molecule has 0 aliphatic heterocycles. The first-order valence-corrected chi connectivity index (χ1v) is 6.76. The van der Waals surface area contributed by atoms with Crippen LogP contribution in [0.5, 0.6) is 0 Å². The summed E-state index contributed by atoms with van der Waals surface area (Å²) < 4.78 is 38.3.